The second-order valence-corrected chi connectivity index (χ2v) is 49.8. The third-order valence-corrected chi connectivity index (χ3v) is 79.0. The molecule has 16 heavy (non-hydrogen) atoms. The molecule has 0 unspecified atom stereocenters. The molecule has 4 heteroatoms. The van der Waals surface area contributed by atoms with Gasteiger partial charge in [0.25, 0.3) is 0 Å². The summed E-state index contributed by atoms with van der Waals surface area (Å²) in [5, 5.41) is 0. The van der Waals surface area contributed by atoms with Gasteiger partial charge in [0.05, 0.1) is 0 Å². The first-order valence-corrected chi connectivity index (χ1v) is 22.3. The fourth-order valence-electron chi connectivity index (χ4n) is 4.77. The molecular formula is C12H33Si4. The van der Waals surface area contributed by atoms with E-state index in [-0.39, 0.29) is 0 Å². The zero-order chi connectivity index (χ0) is 13.4. The molecule has 0 atom stereocenters. The Bertz CT molecular complexity index is 191. The van der Waals surface area contributed by atoms with E-state index in [4.69, 9.17) is 0 Å². The van der Waals surface area contributed by atoms with E-state index in [0.717, 1.165) is 0 Å². The van der Waals surface area contributed by atoms with E-state index < -0.39 is 29.4 Å². The van der Waals surface area contributed by atoms with E-state index in [0.29, 0.717) is 0 Å². The molecule has 0 aromatic carbocycles. The van der Waals surface area contributed by atoms with Crippen LogP contribution in [0.15, 0.2) is 0 Å². The van der Waals surface area contributed by atoms with Gasteiger partial charge in [0.1, 0.15) is 0 Å². The second-order valence-electron chi connectivity index (χ2n) is 8.26. The van der Waals surface area contributed by atoms with Crippen LogP contribution in [0, 0.1) is 6.92 Å². The fraction of sp³-hybridized carbons (Fsp3) is 0.917. The molecule has 0 N–H and O–H groups in total. The summed E-state index contributed by atoms with van der Waals surface area (Å²) in [5.74, 6) is 0. The second kappa shape index (κ2) is 4.86. The van der Waals surface area contributed by atoms with Crippen LogP contribution in [0.1, 0.15) is 6.42 Å². The molecule has 0 aliphatic heterocycles. The quantitative estimate of drug-likeness (QED) is 0.631. The van der Waals surface area contributed by atoms with Gasteiger partial charge in [-0.2, -0.15) is 0 Å². The lowest BCUT2D eigenvalue weighted by molar-refractivity contribution is 1.19. The van der Waals surface area contributed by atoms with Gasteiger partial charge in [0.2, 0.25) is 0 Å². The van der Waals surface area contributed by atoms with Gasteiger partial charge in [0.15, 0.2) is 0 Å². The van der Waals surface area contributed by atoms with Gasteiger partial charge in [-0.15, -0.1) is 0 Å². The molecular weight excluding hydrogens is 256 g/mol. The summed E-state index contributed by atoms with van der Waals surface area (Å²) in [5.41, 5.74) is 0. The van der Waals surface area contributed by atoms with Crippen molar-refractivity contribution in [3.8, 4) is 0 Å². The van der Waals surface area contributed by atoms with Crippen molar-refractivity contribution in [2.75, 3.05) is 0 Å². The largest absolute Gasteiger partial charge is 0.0718 e. The first-order valence-electron chi connectivity index (χ1n) is 6.60. The molecule has 0 aromatic heterocycles. The van der Waals surface area contributed by atoms with Crippen LogP contribution < -0.4 is 0 Å². The number of hydrogen-bond acceptors (Lipinski definition) is 0. The van der Waals surface area contributed by atoms with E-state index in [1.165, 1.54) is 12.5 Å². The van der Waals surface area contributed by atoms with E-state index >= 15 is 0 Å². The van der Waals surface area contributed by atoms with Crippen molar-refractivity contribution in [3.63, 3.8) is 0 Å². The SMILES string of the molecule is [CH2]CC[Si]([Si](C)(C)C)([Si](C)(C)C)[Si](C)(C)C. The zero-order valence-corrected chi connectivity index (χ0v) is 17.1. The van der Waals surface area contributed by atoms with E-state index in [1.54, 1.807) is 0 Å². The van der Waals surface area contributed by atoms with Gasteiger partial charge in [-0.05, 0) is 0 Å². The van der Waals surface area contributed by atoms with Gasteiger partial charge >= 0.3 is 0 Å². The van der Waals surface area contributed by atoms with Crippen molar-refractivity contribution in [3.05, 3.63) is 6.92 Å². The molecule has 0 bridgehead atoms. The van der Waals surface area contributed by atoms with Crippen molar-refractivity contribution in [2.24, 2.45) is 0 Å². The van der Waals surface area contributed by atoms with Crippen molar-refractivity contribution in [1.82, 2.24) is 0 Å². The predicted octanol–water partition coefficient (Wildman–Crippen LogP) is 4.91. The Hall–Kier alpha value is 0.868. The highest BCUT2D eigenvalue weighted by Crippen LogP contribution is 2.40. The molecule has 0 amide bonds. The molecule has 0 nitrogen and oxygen atoms in total. The standard InChI is InChI=1S/C12H33Si4/c1-11-12-16(13(2,3)4,14(5,6)7)15(8,9)10/h1,11-12H2,2-10H3. The fourth-order valence-corrected chi connectivity index (χ4v) is 104. The highest BCUT2D eigenvalue weighted by atomic mass is 29.9. The van der Waals surface area contributed by atoms with Crippen molar-refractivity contribution >= 4 is 29.4 Å². The molecule has 0 heterocycles. The highest BCUT2D eigenvalue weighted by molar-refractivity contribution is 7.89. The van der Waals surface area contributed by atoms with Gasteiger partial charge in [-0.3, -0.25) is 0 Å². The molecule has 0 saturated carbocycles. The lowest BCUT2D eigenvalue weighted by atomic mass is 10.6. The van der Waals surface area contributed by atoms with Crippen molar-refractivity contribution in [2.45, 2.75) is 71.4 Å². The van der Waals surface area contributed by atoms with Crippen LogP contribution in [0.3, 0.4) is 0 Å². The average molecular weight is 290 g/mol. The minimum absolute atomic E-state index is 1.01. The molecule has 0 aromatic rings. The summed E-state index contributed by atoms with van der Waals surface area (Å²) >= 11 is 0. The lowest BCUT2D eigenvalue weighted by Crippen LogP contribution is -2.82. The van der Waals surface area contributed by atoms with E-state index in [1.807, 2.05) is 0 Å². The molecule has 97 valence electrons. The summed E-state index contributed by atoms with van der Waals surface area (Å²) in [6, 6.07) is 1.52. The maximum atomic E-state index is 4.21. The monoisotopic (exact) mass is 289 g/mol. The summed E-state index contributed by atoms with van der Waals surface area (Å²) in [6.45, 7) is 27.1. The summed E-state index contributed by atoms with van der Waals surface area (Å²) in [6.07, 6.45) is 1.19. The van der Waals surface area contributed by atoms with Crippen LogP contribution in [0.25, 0.3) is 0 Å². The summed E-state index contributed by atoms with van der Waals surface area (Å²) in [4.78, 5) is 0. The maximum Gasteiger partial charge on any atom is 0.0374 e. The average Bonchev–Trinajstić information content (AvgIpc) is 1.91. The Morgan fingerprint density at radius 2 is 0.875 bits per heavy atom. The first kappa shape index (κ1) is 16.9. The Labute approximate surface area is 108 Å². The van der Waals surface area contributed by atoms with Crippen molar-refractivity contribution < 1.29 is 0 Å². The van der Waals surface area contributed by atoms with Crippen LogP contribution in [0.2, 0.25) is 65.0 Å². The van der Waals surface area contributed by atoms with Gasteiger partial charge in [-0.1, -0.05) is 78.3 Å². The predicted molar refractivity (Wildman–Crippen MR) is 90.6 cm³/mol. The topological polar surface area (TPSA) is 0 Å². The Balaban J connectivity index is 5.82. The van der Waals surface area contributed by atoms with Crippen LogP contribution in [0.5, 0.6) is 0 Å². The van der Waals surface area contributed by atoms with Crippen molar-refractivity contribution in [1.29, 1.82) is 0 Å². The molecule has 0 rings (SSSR count). The number of hydrogen-bond donors (Lipinski definition) is 0. The molecule has 0 spiro atoms. The van der Waals surface area contributed by atoms with E-state index in [2.05, 4.69) is 65.8 Å². The Morgan fingerprint density at radius 3 is 0.938 bits per heavy atom. The van der Waals surface area contributed by atoms with Crippen LogP contribution in [-0.4, -0.2) is 29.4 Å². The van der Waals surface area contributed by atoms with Gasteiger partial charge in [0, 0.05) is 29.4 Å². The number of rotatable bonds is 5. The highest BCUT2D eigenvalue weighted by Gasteiger charge is 2.60. The Morgan fingerprint density at radius 1 is 0.625 bits per heavy atom. The molecule has 0 aliphatic carbocycles. The smallest absolute Gasteiger partial charge is 0.0374 e. The van der Waals surface area contributed by atoms with Gasteiger partial charge in [-0.25, -0.2) is 0 Å². The zero-order valence-electron chi connectivity index (χ0n) is 13.1. The third kappa shape index (κ3) is 2.82. The minimum Gasteiger partial charge on any atom is -0.0718 e. The summed E-state index contributed by atoms with van der Waals surface area (Å²) in [7, 11) is -3.02. The molecule has 0 aliphatic rings. The Kier molecular flexibility index (Phi) is 5.12. The van der Waals surface area contributed by atoms with Crippen LogP contribution >= 0.6 is 0 Å². The maximum absolute atomic E-state index is 4.21. The molecule has 0 fully saturated rings. The summed E-state index contributed by atoms with van der Waals surface area (Å²) < 4.78 is 0. The van der Waals surface area contributed by atoms with Gasteiger partial charge < -0.3 is 0 Å². The molecule has 0 saturated heterocycles. The van der Waals surface area contributed by atoms with E-state index in [9.17, 15) is 0 Å². The lowest BCUT2D eigenvalue weighted by Gasteiger charge is -2.57. The normalized spacial score (nSPS) is 15.4. The minimum atomic E-state index is -1.05. The van der Waals surface area contributed by atoms with Crippen LogP contribution in [-0.2, 0) is 0 Å². The van der Waals surface area contributed by atoms with Crippen LogP contribution in [0.4, 0.5) is 0 Å². The first-order chi connectivity index (χ1) is 6.81. The molecule has 1 radical (unpaired) electrons. The third-order valence-electron chi connectivity index (χ3n) is 4.39.